The Morgan fingerprint density at radius 1 is 1.08 bits per heavy atom. The lowest BCUT2D eigenvalue weighted by molar-refractivity contribution is -0.119. The molecule has 1 fully saturated rings. The molecule has 3 unspecified atom stereocenters. The molecule has 1 saturated heterocycles. The highest BCUT2D eigenvalue weighted by atomic mass is 32.2. The van der Waals surface area contributed by atoms with Gasteiger partial charge in [0, 0.05) is 13.5 Å². The molecule has 3 atom stereocenters. The van der Waals surface area contributed by atoms with Crippen molar-refractivity contribution in [3.8, 4) is 0 Å². The molecule has 0 spiro atoms. The van der Waals surface area contributed by atoms with Crippen LogP contribution in [0.5, 0.6) is 0 Å². The number of carbonyl (C=O) groups is 1. The molecule has 5 heteroatoms. The largest absolute Gasteiger partial charge is 0.375 e. The van der Waals surface area contributed by atoms with E-state index in [1.807, 2.05) is 60.7 Å². The van der Waals surface area contributed by atoms with Gasteiger partial charge in [-0.15, -0.1) is 0 Å². The number of benzene rings is 2. The molecule has 132 valence electrons. The third kappa shape index (κ3) is 4.35. The van der Waals surface area contributed by atoms with E-state index in [4.69, 9.17) is 4.74 Å². The van der Waals surface area contributed by atoms with Crippen molar-refractivity contribution in [2.45, 2.75) is 36.5 Å². The summed E-state index contributed by atoms with van der Waals surface area (Å²) in [5, 5.41) is 2.04. The third-order valence-electron chi connectivity index (χ3n) is 4.34. The SMILES string of the molecule is CC(=O)NC(C1CCCO1)S(=O)C(c1ccccc1)c1ccccc1. The maximum atomic E-state index is 13.6. The van der Waals surface area contributed by atoms with E-state index in [0.29, 0.717) is 6.61 Å². The third-order valence-corrected chi connectivity index (χ3v) is 6.27. The summed E-state index contributed by atoms with van der Waals surface area (Å²) in [6.45, 7) is 2.11. The predicted octanol–water partition coefficient (Wildman–Crippen LogP) is 3.17. The highest BCUT2D eigenvalue weighted by molar-refractivity contribution is 7.86. The number of hydrogen-bond acceptors (Lipinski definition) is 3. The molecule has 0 aromatic heterocycles. The Bertz CT molecular complexity index is 675. The quantitative estimate of drug-likeness (QED) is 0.864. The Balaban J connectivity index is 1.98. The molecule has 1 N–H and O–H groups in total. The van der Waals surface area contributed by atoms with Gasteiger partial charge in [-0.1, -0.05) is 60.7 Å². The summed E-state index contributed by atoms with van der Waals surface area (Å²) in [6, 6.07) is 19.6. The number of nitrogens with one attached hydrogen (secondary N) is 1. The van der Waals surface area contributed by atoms with Crippen molar-refractivity contribution in [1.82, 2.24) is 5.32 Å². The van der Waals surface area contributed by atoms with Crippen LogP contribution in [0.15, 0.2) is 60.7 Å². The maximum absolute atomic E-state index is 13.6. The Morgan fingerprint density at radius 3 is 2.08 bits per heavy atom. The second-order valence-electron chi connectivity index (χ2n) is 6.20. The Labute approximate surface area is 151 Å². The lowest BCUT2D eigenvalue weighted by Gasteiger charge is -2.28. The van der Waals surface area contributed by atoms with E-state index >= 15 is 0 Å². The minimum Gasteiger partial charge on any atom is -0.375 e. The van der Waals surface area contributed by atoms with E-state index < -0.39 is 16.2 Å². The normalized spacial score (nSPS) is 19.5. The van der Waals surface area contributed by atoms with Crippen molar-refractivity contribution in [2.75, 3.05) is 6.61 Å². The average molecular weight is 357 g/mol. The number of hydrogen-bond donors (Lipinski definition) is 1. The van der Waals surface area contributed by atoms with Gasteiger partial charge in [0.15, 0.2) is 0 Å². The summed E-state index contributed by atoms with van der Waals surface area (Å²) in [5.74, 6) is -0.186. The number of amides is 1. The summed E-state index contributed by atoms with van der Waals surface area (Å²) in [4.78, 5) is 11.7. The zero-order valence-electron chi connectivity index (χ0n) is 14.3. The minimum atomic E-state index is -1.36. The summed E-state index contributed by atoms with van der Waals surface area (Å²) in [6.07, 6.45) is 1.53. The molecule has 2 aromatic rings. The Kier molecular flexibility index (Phi) is 6.00. The molecule has 0 aliphatic carbocycles. The fourth-order valence-electron chi connectivity index (χ4n) is 3.21. The van der Waals surface area contributed by atoms with Crippen molar-refractivity contribution in [3.05, 3.63) is 71.8 Å². The molecule has 1 aliphatic rings. The number of carbonyl (C=O) groups excluding carboxylic acids is 1. The van der Waals surface area contributed by atoms with E-state index in [2.05, 4.69) is 5.32 Å². The smallest absolute Gasteiger partial charge is 0.217 e. The van der Waals surface area contributed by atoms with Crippen LogP contribution in [0, 0.1) is 0 Å². The van der Waals surface area contributed by atoms with Gasteiger partial charge in [0.05, 0.1) is 22.2 Å². The van der Waals surface area contributed by atoms with E-state index in [-0.39, 0.29) is 17.3 Å². The molecule has 1 aliphatic heterocycles. The summed E-state index contributed by atoms with van der Waals surface area (Å²) >= 11 is 0. The van der Waals surface area contributed by atoms with Crippen molar-refractivity contribution in [3.63, 3.8) is 0 Å². The molecule has 2 aromatic carbocycles. The first-order chi connectivity index (χ1) is 12.2. The van der Waals surface area contributed by atoms with Crippen LogP contribution in [0.2, 0.25) is 0 Å². The zero-order valence-corrected chi connectivity index (χ0v) is 15.1. The molecular weight excluding hydrogens is 334 g/mol. The van der Waals surface area contributed by atoms with Gasteiger partial charge in [-0.25, -0.2) is 0 Å². The molecule has 0 radical (unpaired) electrons. The summed E-state index contributed by atoms with van der Waals surface area (Å²) in [7, 11) is -1.36. The van der Waals surface area contributed by atoms with Crippen LogP contribution in [-0.4, -0.2) is 28.2 Å². The fraction of sp³-hybridized carbons (Fsp3) is 0.350. The summed E-state index contributed by atoms with van der Waals surface area (Å²) < 4.78 is 19.3. The lowest BCUT2D eigenvalue weighted by atomic mass is 10.0. The van der Waals surface area contributed by atoms with Crippen LogP contribution in [0.1, 0.15) is 36.1 Å². The first-order valence-electron chi connectivity index (χ1n) is 8.55. The van der Waals surface area contributed by atoms with Crippen LogP contribution in [0.4, 0.5) is 0 Å². The van der Waals surface area contributed by atoms with Crippen molar-refractivity contribution in [1.29, 1.82) is 0 Å². The second kappa shape index (κ2) is 8.41. The predicted molar refractivity (Wildman–Crippen MR) is 99.4 cm³/mol. The van der Waals surface area contributed by atoms with Gasteiger partial charge in [-0.2, -0.15) is 0 Å². The van der Waals surface area contributed by atoms with Gasteiger partial charge < -0.3 is 10.1 Å². The topological polar surface area (TPSA) is 55.4 Å². The van der Waals surface area contributed by atoms with Crippen LogP contribution >= 0.6 is 0 Å². The van der Waals surface area contributed by atoms with Gasteiger partial charge in [-0.3, -0.25) is 9.00 Å². The fourth-order valence-corrected chi connectivity index (χ4v) is 5.15. The van der Waals surface area contributed by atoms with Crippen LogP contribution < -0.4 is 5.32 Å². The summed E-state index contributed by atoms with van der Waals surface area (Å²) in [5.41, 5.74) is 1.95. The molecule has 1 amide bonds. The molecular formula is C20H23NO3S. The van der Waals surface area contributed by atoms with Crippen molar-refractivity contribution < 1.29 is 13.7 Å². The standard InChI is InChI=1S/C20H23NO3S/c1-15(22)21-20(18-13-8-14-24-18)25(23)19(16-9-4-2-5-10-16)17-11-6-3-7-12-17/h2-7,9-12,18-20H,8,13-14H2,1H3,(H,21,22). The van der Waals surface area contributed by atoms with Gasteiger partial charge in [0.25, 0.3) is 0 Å². The molecule has 25 heavy (non-hydrogen) atoms. The Hall–Kier alpha value is -1.98. The van der Waals surface area contributed by atoms with Gasteiger partial charge in [0.2, 0.25) is 5.91 Å². The highest BCUT2D eigenvalue weighted by Gasteiger charge is 2.36. The van der Waals surface area contributed by atoms with E-state index in [9.17, 15) is 9.00 Å². The van der Waals surface area contributed by atoms with Crippen LogP contribution in [-0.2, 0) is 20.3 Å². The van der Waals surface area contributed by atoms with Gasteiger partial charge in [-0.05, 0) is 24.0 Å². The van der Waals surface area contributed by atoms with E-state index in [1.165, 1.54) is 6.92 Å². The molecule has 1 heterocycles. The first-order valence-corrected chi connectivity index (χ1v) is 9.82. The van der Waals surface area contributed by atoms with Gasteiger partial charge >= 0.3 is 0 Å². The van der Waals surface area contributed by atoms with Crippen molar-refractivity contribution in [2.24, 2.45) is 0 Å². The monoisotopic (exact) mass is 357 g/mol. The first kappa shape index (κ1) is 17.8. The molecule has 0 saturated carbocycles. The maximum Gasteiger partial charge on any atom is 0.217 e. The molecule has 3 rings (SSSR count). The Morgan fingerprint density at radius 2 is 1.64 bits per heavy atom. The van der Waals surface area contributed by atoms with E-state index in [1.54, 1.807) is 0 Å². The molecule has 0 bridgehead atoms. The number of ether oxygens (including phenoxy) is 1. The van der Waals surface area contributed by atoms with E-state index in [0.717, 1.165) is 24.0 Å². The lowest BCUT2D eigenvalue weighted by Crippen LogP contribution is -2.46. The number of rotatable bonds is 6. The van der Waals surface area contributed by atoms with Crippen molar-refractivity contribution >= 4 is 16.7 Å². The molecule has 4 nitrogen and oxygen atoms in total. The second-order valence-corrected chi connectivity index (χ2v) is 7.84. The van der Waals surface area contributed by atoms with Crippen LogP contribution in [0.3, 0.4) is 0 Å². The highest BCUT2D eigenvalue weighted by Crippen LogP contribution is 2.32. The van der Waals surface area contributed by atoms with Crippen LogP contribution in [0.25, 0.3) is 0 Å². The van der Waals surface area contributed by atoms with Gasteiger partial charge in [0.1, 0.15) is 5.37 Å². The minimum absolute atomic E-state index is 0.186. The zero-order chi connectivity index (χ0) is 17.6. The average Bonchev–Trinajstić information content (AvgIpc) is 3.16.